The van der Waals surface area contributed by atoms with Crippen LogP contribution in [-0.4, -0.2) is 18.8 Å². The van der Waals surface area contributed by atoms with Crippen LogP contribution < -0.4 is 10.5 Å². The van der Waals surface area contributed by atoms with Gasteiger partial charge in [-0.3, -0.25) is 4.99 Å². The van der Waals surface area contributed by atoms with Gasteiger partial charge >= 0.3 is 0 Å². The maximum atomic E-state index is 6.92. The summed E-state index contributed by atoms with van der Waals surface area (Å²) in [6.07, 6.45) is 13.0. The predicted molar refractivity (Wildman–Crippen MR) is 123 cm³/mol. The van der Waals surface area contributed by atoms with Crippen LogP contribution >= 0.6 is 0 Å². The molecule has 0 saturated heterocycles. The normalized spacial score (nSPS) is 28.7. The largest absolute Gasteiger partial charge is 0.485 e. The van der Waals surface area contributed by atoms with Crippen molar-refractivity contribution in [3.63, 3.8) is 0 Å². The van der Waals surface area contributed by atoms with Gasteiger partial charge in [0.15, 0.2) is 0 Å². The molecular formula is C27H34N2O. The summed E-state index contributed by atoms with van der Waals surface area (Å²) in [4.78, 5) is 4.54. The van der Waals surface area contributed by atoms with Crippen molar-refractivity contribution in [2.45, 2.75) is 69.9 Å². The molecule has 5 rings (SSSR count). The quantitative estimate of drug-likeness (QED) is 0.722. The Morgan fingerprint density at radius 3 is 2.67 bits per heavy atom. The fourth-order valence-corrected chi connectivity index (χ4v) is 5.87. The molecule has 0 bridgehead atoms. The van der Waals surface area contributed by atoms with Crippen molar-refractivity contribution < 1.29 is 4.74 Å². The van der Waals surface area contributed by atoms with Gasteiger partial charge < -0.3 is 10.5 Å². The first kappa shape index (κ1) is 19.8. The lowest BCUT2D eigenvalue weighted by atomic mass is 9.70. The minimum Gasteiger partial charge on any atom is -0.485 e. The van der Waals surface area contributed by atoms with Gasteiger partial charge in [0.05, 0.1) is 0 Å². The molecule has 2 aliphatic carbocycles. The Morgan fingerprint density at radius 2 is 1.70 bits per heavy atom. The van der Waals surface area contributed by atoms with Crippen LogP contribution in [0.5, 0.6) is 5.75 Å². The molecular weight excluding hydrogens is 368 g/mol. The maximum absolute atomic E-state index is 6.92. The van der Waals surface area contributed by atoms with E-state index in [1.807, 2.05) is 6.21 Å². The van der Waals surface area contributed by atoms with Gasteiger partial charge in [0.25, 0.3) is 0 Å². The number of aryl methyl sites for hydroxylation is 1. The van der Waals surface area contributed by atoms with Crippen molar-refractivity contribution in [3.8, 4) is 5.75 Å². The van der Waals surface area contributed by atoms with E-state index in [4.69, 9.17) is 10.5 Å². The molecule has 1 fully saturated rings. The summed E-state index contributed by atoms with van der Waals surface area (Å²) in [5, 5.41) is 0. The molecule has 0 spiro atoms. The topological polar surface area (TPSA) is 47.6 Å². The van der Waals surface area contributed by atoms with Crippen molar-refractivity contribution in [2.75, 3.05) is 6.54 Å². The van der Waals surface area contributed by atoms with Gasteiger partial charge in [0.2, 0.25) is 0 Å². The first-order valence-electron chi connectivity index (χ1n) is 11.9. The Balaban J connectivity index is 1.48. The highest BCUT2D eigenvalue weighted by Crippen LogP contribution is 2.45. The van der Waals surface area contributed by atoms with E-state index in [1.165, 1.54) is 60.8 Å². The smallest absolute Gasteiger partial charge is 0.129 e. The summed E-state index contributed by atoms with van der Waals surface area (Å²) in [6, 6.07) is 15.8. The van der Waals surface area contributed by atoms with Gasteiger partial charge in [-0.05, 0) is 67.2 Å². The molecule has 0 aromatic heterocycles. The second kappa shape index (κ2) is 8.93. The van der Waals surface area contributed by atoms with Crippen LogP contribution in [0.25, 0.3) is 0 Å². The van der Waals surface area contributed by atoms with Gasteiger partial charge in [0, 0.05) is 30.3 Å². The van der Waals surface area contributed by atoms with E-state index >= 15 is 0 Å². The average molecular weight is 403 g/mol. The van der Waals surface area contributed by atoms with Crippen LogP contribution in [0.4, 0.5) is 0 Å². The number of fused-ring (bicyclic) bond motifs is 2. The summed E-state index contributed by atoms with van der Waals surface area (Å²) in [5.74, 6) is 2.26. The molecule has 2 aromatic carbocycles. The third-order valence-corrected chi connectivity index (χ3v) is 7.55. The van der Waals surface area contributed by atoms with Gasteiger partial charge in [-0.15, -0.1) is 0 Å². The summed E-state index contributed by atoms with van der Waals surface area (Å²) < 4.78 is 6.92. The molecule has 4 unspecified atom stereocenters. The molecule has 1 saturated carbocycles. The number of ether oxygens (including phenoxy) is 1. The fraction of sp³-hybridized carbons (Fsp3) is 0.519. The molecule has 3 aliphatic rings. The van der Waals surface area contributed by atoms with Gasteiger partial charge in [-0.25, -0.2) is 0 Å². The van der Waals surface area contributed by atoms with Crippen molar-refractivity contribution in [2.24, 2.45) is 22.6 Å². The number of nitrogens with zero attached hydrogens (tertiary/aromatic N) is 1. The zero-order valence-corrected chi connectivity index (χ0v) is 17.9. The van der Waals surface area contributed by atoms with Crippen LogP contribution in [-0.2, 0) is 12.8 Å². The molecule has 30 heavy (non-hydrogen) atoms. The Morgan fingerprint density at radius 1 is 0.833 bits per heavy atom. The highest BCUT2D eigenvalue weighted by atomic mass is 16.5. The lowest BCUT2D eigenvalue weighted by Crippen LogP contribution is -2.33. The molecule has 158 valence electrons. The van der Waals surface area contributed by atoms with Crippen LogP contribution in [0.15, 0.2) is 47.5 Å². The lowest BCUT2D eigenvalue weighted by Gasteiger charge is -2.40. The number of aliphatic imine (C=N–C) groups is 1. The van der Waals surface area contributed by atoms with E-state index in [0.29, 0.717) is 17.9 Å². The van der Waals surface area contributed by atoms with Crippen LogP contribution in [0.1, 0.15) is 73.3 Å². The van der Waals surface area contributed by atoms with Crippen LogP contribution in [0.2, 0.25) is 0 Å². The summed E-state index contributed by atoms with van der Waals surface area (Å²) in [5.41, 5.74) is 11.8. The zero-order valence-electron chi connectivity index (χ0n) is 17.9. The Kier molecular flexibility index (Phi) is 5.90. The zero-order chi connectivity index (χ0) is 20.3. The summed E-state index contributed by atoms with van der Waals surface area (Å²) >= 11 is 0. The molecule has 3 heteroatoms. The molecule has 0 radical (unpaired) electrons. The number of benzene rings is 2. The third-order valence-electron chi connectivity index (χ3n) is 7.55. The standard InChI is InChI=1S/C27H34N2O/c28-22-9-3-1-6-19(12-14-22)24-15-13-20-7-2-4-10-23(20)27(24)30-26-11-5-8-21-16-17-29-18-25(21)26/h2,4-5,7-8,10-11,18-19,22,24,27H,1,3,6,9,12-17,28H2. The average Bonchev–Trinajstić information content (AvgIpc) is 2.77. The second-order valence-electron chi connectivity index (χ2n) is 9.44. The highest BCUT2D eigenvalue weighted by Gasteiger charge is 2.37. The molecule has 1 heterocycles. The molecule has 2 aromatic rings. The third kappa shape index (κ3) is 4.05. The van der Waals surface area contributed by atoms with E-state index in [0.717, 1.165) is 31.6 Å². The van der Waals surface area contributed by atoms with Gasteiger partial charge in [-0.1, -0.05) is 55.7 Å². The maximum Gasteiger partial charge on any atom is 0.129 e. The van der Waals surface area contributed by atoms with E-state index in [1.54, 1.807) is 0 Å². The van der Waals surface area contributed by atoms with E-state index in [9.17, 15) is 0 Å². The van der Waals surface area contributed by atoms with Gasteiger partial charge in [-0.2, -0.15) is 0 Å². The van der Waals surface area contributed by atoms with Crippen molar-refractivity contribution in [3.05, 3.63) is 64.7 Å². The van der Waals surface area contributed by atoms with E-state index in [-0.39, 0.29) is 6.10 Å². The lowest BCUT2D eigenvalue weighted by molar-refractivity contribution is 0.0666. The Labute approximate surface area is 180 Å². The van der Waals surface area contributed by atoms with Crippen molar-refractivity contribution in [1.29, 1.82) is 0 Å². The first-order chi connectivity index (χ1) is 14.8. The number of nitrogens with two attached hydrogens (primary N) is 1. The van der Waals surface area contributed by atoms with Crippen LogP contribution in [0.3, 0.4) is 0 Å². The van der Waals surface area contributed by atoms with Crippen molar-refractivity contribution in [1.82, 2.24) is 0 Å². The summed E-state index contributed by atoms with van der Waals surface area (Å²) in [7, 11) is 0. The molecule has 2 N–H and O–H groups in total. The molecule has 0 amide bonds. The van der Waals surface area contributed by atoms with E-state index < -0.39 is 0 Å². The number of hydrogen-bond donors (Lipinski definition) is 1. The molecule has 3 nitrogen and oxygen atoms in total. The first-order valence-corrected chi connectivity index (χ1v) is 11.9. The van der Waals surface area contributed by atoms with Crippen LogP contribution in [0, 0.1) is 11.8 Å². The highest BCUT2D eigenvalue weighted by molar-refractivity contribution is 5.86. The monoisotopic (exact) mass is 402 g/mol. The van der Waals surface area contributed by atoms with Crippen molar-refractivity contribution >= 4 is 6.21 Å². The molecule has 4 atom stereocenters. The summed E-state index contributed by atoms with van der Waals surface area (Å²) in [6.45, 7) is 0.883. The minimum absolute atomic E-state index is 0.123. The Hall–Kier alpha value is -2.13. The minimum atomic E-state index is 0.123. The van der Waals surface area contributed by atoms with E-state index in [2.05, 4.69) is 47.5 Å². The Bertz CT molecular complexity index is 905. The SMILES string of the molecule is NC1CCCCC(C2CCc3ccccc3C2Oc2cccc3c2C=NCC3)CC1. The predicted octanol–water partition coefficient (Wildman–Crippen LogP) is 5.64. The number of hydrogen-bond acceptors (Lipinski definition) is 3. The van der Waals surface area contributed by atoms with Gasteiger partial charge in [0.1, 0.15) is 11.9 Å². The molecule has 1 aliphatic heterocycles. The fourth-order valence-electron chi connectivity index (χ4n) is 5.87. The number of rotatable bonds is 3. The second-order valence-corrected chi connectivity index (χ2v) is 9.44.